The lowest BCUT2D eigenvalue weighted by Crippen LogP contribution is -2.58. The lowest BCUT2D eigenvalue weighted by molar-refractivity contribution is -0.0986. The summed E-state index contributed by atoms with van der Waals surface area (Å²) in [5.41, 5.74) is 5.72. The Hall–Kier alpha value is -0.160. The zero-order valence-corrected chi connectivity index (χ0v) is 11.5. The molecule has 0 aromatic carbocycles. The molecule has 17 heavy (non-hydrogen) atoms. The van der Waals surface area contributed by atoms with Gasteiger partial charge in [0.2, 0.25) is 0 Å². The number of rotatable bonds is 2. The fourth-order valence-corrected chi connectivity index (χ4v) is 3.33. The predicted octanol–water partition coefficient (Wildman–Crippen LogP) is 0.992. The highest BCUT2D eigenvalue weighted by molar-refractivity contribution is 5.02. The second-order valence-electron chi connectivity index (χ2n) is 6.39. The highest BCUT2D eigenvalue weighted by atomic mass is 16.5. The molecule has 0 bridgehead atoms. The van der Waals surface area contributed by atoms with Crippen molar-refractivity contribution in [3.63, 3.8) is 0 Å². The van der Waals surface area contributed by atoms with Gasteiger partial charge < -0.3 is 15.2 Å². The Bertz CT molecular complexity index is 279. The molecular weight excluding hydrogens is 216 g/mol. The molecule has 4 nitrogen and oxygen atoms in total. The molecule has 2 unspecified atom stereocenters. The number of ether oxygens (including phenoxy) is 2. The largest absolute Gasteiger partial charge is 0.378 e. The van der Waals surface area contributed by atoms with Crippen LogP contribution in [0.25, 0.3) is 0 Å². The first-order valence-corrected chi connectivity index (χ1v) is 6.59. The summed E-state index contributed by atoms with van der Waals surface area (Å²) in [5.74, 6) is 0. The molecule has 0 spiro atoms. The van der Waals surface area contributed by atoms with Gasteiger partial charge in [-0.25, -0.2) is 0 Å². The minimum Gasteiger partial charge on any atom is -0.378 e. The number of nitrogens with zero attached hydrogens (tertiary/aromatic N) is 1. The van der Waals surface area contributed by atoms with Crippen molar-refractivity contribution in [3.8, 4) is 0 Å². The molecule has 2 aliphatic heterocycles. The van der Waals surface area contributed by atoms with Crippen molar-refractivity contribution in [2.45, 2.75) is 57.4 Å². The number of hydrogen-bond donors (Lipinski definition) is 1. The van der Waals surface area contributed by atoms with E-state index in [1.54, 1.807) is 0 Å². The van der Waals surface area contributed by atoms with Crippen LogP contribution in [0.4, 0.5) is 0 Å². The van der Waals surface area contributed by atoms with E-state index in [4.69, 9.17) is 15.2 Å². The van der Waals surface area contributed by atoms with Crippen molar-refractivity contribution in [2.75, 3.05) is 26.3 Å². The molecule has 0 radical (unpaired) electrons. The SMILES string of the molecule is CC1(C)CC(N2CCOCC2CN)C(C)(C)O1. The molecule has 2 fully saturated rings. The van der Waals surface area contributed by atoms with E-state index in [0.717, 1.165) is 26.2 Å². The van der Waals surface area contributed by atoms with Crippen molar-refractivity contribution in [2.24, 2.45) is 5.73 Å². The van der Waals surface area contributed by atoms with Gasteiger partial charge in [0.15, 0.2) is 0 Å². The summed E-state index contributed by atoms with van der Waals surface area (Å²) in [6, 6.07) is 0.778. The Balaban J connectivity index is 2.15. The third-order valence-corrected chi connectivity index (χ3v) is 3.97. The van der Waals surface area contributed by atoms with Crippen LogP contribution < -0.4 is 5.73 Å². The molecule has 2 rings (SSSR count). The van der Waals surface area contributed by atoms with E-state index >= 15 is 0 Å². The van der Waals surface area contributed by atoms with Gasteiger partial charge >= 0.3 is 0 Å². The van der Waals surface area contributed by atoms with Crippen LogP contribution in [0, 0.1) is 0 Å². The minimum atomic E-state index is -0.103. The van der Waals surface area contributed by atoms with Gasteiger partial charge in [0.1, 0.15) is 0 Å². The molecule has 0 aliphatic carbocycles. The Morgan fingerprint density at radius 3 is 2.53 bits per heavy atom. The van der Waals surface area contributed by atoms with Crippen molar-refractivity contribution >= 4 is 0 Å². The lowest BCUT2D eigenvalue weighted by atomic mass is 9.91. The van der Waals surface area contributed by atoms with Crippen molar-refractivity contribution < 1.29 is 9.47 Å². The Labute approximate surface area is 104 Å². The van der Waals surface area contributed by atoms with E-state index in [2.05, 4.69) is 32.6 Å². The fraction of sp³-hybridized carbons (Fsp3) is 1.00. The van der Waals surface area contributed by atoms with E-state index in [1.165, 1.54) is 0 Å². The van der Waals surface area contributed by atoms with Crippen LogP contribution in [0.3, 0.4) is 0 Å². The Morgan fingerprint density at radius 1 is 1.29 bits per heavy atom. The first-order valence-electron chi connectivity index (χ1n) is 6.59. The average Bonchev–Trinajstić information content (AvgIpc) is 2.46. The van der Waals surface area contributed by atoms with Crippen LogP contribution in [0.15, 0.2) is 0 Å². The van der Waals surface area contributed by atoms with Crippen LogP contribution in [0.1, 0.15) is 34.1 Å². The molecule has 2 heterocycles. The Kier molecular flexibility index (Phi) is 3.51. The molecule has 4 heteroatoms. The van der Waals surface area contributed by atoms with Gasteiger partial charge in [0.05, 0.1) is 24.4 Å². The van der Waals surface area contributed by atoms with Gasteiger partial charge in [-0.3, -0.25) is 4.90 Å². The summed E-state index contributed by atoms with van der Waals surface area (Å²) < 4.78 is 11.7. The van der Waals surface area contributed by atoms with Gasteiger partial charge in [0, 0.05) is 25.2 Å². The maximum Gasteiger partial charge on any atom is 0.0789 e. The van der Waals surface area contributed by atoms with Crippen LogP contribution in [0.2, 0.25) is 0 Å². The standard InChI is InChI=1S/C13H26N2O2/c1-12(2)7-11(13(3,4)17-12)15-5-6-16-9-10(15)8-14/h10-11H,5-9,14H2,1-4H3. The third kappa shape index (κ3) is 2.65. The van der Waals surface area contributed by atoms with Crippen molar-refractivity contribution in [1.82, 2.24) is 4.90 Å². The van der Waals surface area contributed by atoms with Crippen molar-refractivity contribution in [1.29, 1.82) is 0 Å². The van der Waals surface area contributed by atoms with E-state index in [9.17, 15) is 0 Å². The molecule has 0 aromatic rings. The minimum absolute atomic E-state index is 0.0361. The number of hydrogen-bond acceptors (Lipinski definition) is 4. The average molecular weight is 242 g/mol. The van der Waals surface area contributed by atoms with Gasteiger partial charge in [0.25, 0.3) is 0 Å². The molecule has 0 aromatic heterocycles. The molecule has 2 atom stereocenters. The highest BCUT2D eigenvalue weighted by Crippen LogP contribution is 2.41. The Morgan fingerprint density at radius 2 is 2.00 bits per heavy atom. The monoisotopic (exact) mass is 242 g/mol. The van der Waals surface area contributed by atoms with Crippen LogP contribution in [0.5, 0.6) is 0 Å². The molecule has 2 saturated heterocycles. The molecule has 0 saturated carbocycles. The summed E-state index contributed by atoms with van der Waals surface area (Å²) in [5, 5.41) is 0. The topological polar surface area (TPSA) is 47.7 Å². The number of nitrogens with two attached hydrogens (primary N) is 1. The third-order valence-electron chi connectivity index (χ3n) is 3.97. The summed E-state index contributed by atoms with van der Waals surface area (Å²) in [6.45, 7) is 11.9. The van der Waals surface area contributed by atoms with Crippen LogP contribution >= 0.6 is 0 Å². The van der Waals surface area contributed by atoms with Crippen molar-refractivity contribution in [3.05, 3.63) is 0 Å². The van der Waals surface area contributed by atoms with Gasteiger partial charge in [-0.05, 0) is 34.1 Å². The maximum atomic E-state index is 6.17. The van der Waals surface area contributed by atoms with E-state index in [1.807, 2.05) is 0 Å². The van der Waals surface area contributed by atoms with E-state index in [-0.39, 0.29) is 11.2 Å². The first kappa shape index (κ1) is 13.3. The maximum absolute atomic E-state index is 6.17. The zero-order chi connectivity index (χ0) is 12.7. The molecule has 2 N–H and O–H groups in total. The summed E-state index contributed by atoms with van der Waals surface area (Å²) >= 11 is 0. The molecule has 100 valence electrons. The fourth-order valence-electron chi connectivity index (χ4n) is 3.33. The second kappa shape index (κ2) is 4.50. The van der Waals surface area contributed by atoms with E-state index in [0.29, 0.717) is 18.6 Å². The van der Waals surface area contributed by atoms with Gasteiger partial charge in [-0.15, -0.1) is 0 Å². The van der Waals surface area contributed by atoms with E-state index < -0.39 is 0 Å². The normalized spacial score (nSPS) is 37.2. The molecule has 0 amide bonds. The predicted molar refractivity (Wildman–Crippen MR) is 68.0 cm³/mol. The van der Waals surface area contributed by atoms with Gasteiger partial charge in [-0.1, -0.05) is 0 Å². The van der Waals surface area contributed by atoms with Crippen LogP contribution in [-0.2, 0) is 9.47 Å². The highest BCUT2D eigenvalue weighted by Gasteiger charge is 2.49. The van der Waals surface area contributed by atoms with Crippen LogP contribution in [-0.4, -0.2) is 54.5 Å². The van der Waals surface area contributed by atoms with Gasteiger partial charge in [-0.2, -0.15) is 0 Å². The first-order chi connectivity index (χ1) is 7.86. The molecule has 2 aliphatic rings. The number of morpholine rings is 1. The second-order valence-corrected chi connectivity index (χ2v) is 6.39. The summed E-state index contributed by atoms with van der Waals surface area (Å²) in [4.78, 5) is 2.50. The summed E-state index contributed by atoms with van der Waals surface area (Å²) in [7, 11) is 0. The lowest BCUT2D eigenvalue weighted by Gasteiger charge is -2.43. The smallest absolute Gasteiger partial charge is 0.0789 e. The molecular formula is C13H26N2O2. The zero-order valence-electron chi connectivity index (χ0n) is 11.5. The summed E-state index contributed by atoms with van der Waals surface area (Å²) in [6.07, 6.45) is 1.07. The quantitative estimate of drug-likeness (QED) is 0.784.